The largest absolute Gasteiger partial charge is 0.497 e. The Balaban J connectivity index is 1.54. The number of urea groups is 1. The van der Waals surface area contributed by atoms with E-state index in [1.54, 1.807) is 35.2 Å². The van der Waals surface area contributed by atoms with Crippen LogP contribution in [0.2, 0.25) is 0 Å². The number of nitrogens with one attached hydrogen (secondary N) is 1. The summed E-state index contributed by atoms with van der Waals surface area (Å²) in [6.45, 7) is 1.94. The second-order valence-corrected chi connectivity index (χ2v) is 8.62. The summed E-state index contributed by atoms with van der Waals surface area (Å²) in [5, 5.41) is 13.3. The zero-order valence-electron chi connectivity index (χ0n) is 19.0. The van der Waals surface area contributed by atoms with Crippen molar-refractivity contribution in [3.8, 4) is 5.75 Å². The molecule has 8 nitrogen and oxygen atoms in total. The van der Waals surface area contributed by atoms with Crippen LogP contribution in [0.3, 0.4) is 0 Å². The van der Waals surface area contributed by atoms with Gasteiger partial charge in [0.2, 0.25) is 5.95 Å². The van der Waals surface area contributed by atoms with E-state index in [0.717, 1.165) is 11.3 Å². The van der Waals surface area contributed by atoms with Gasteiger partial charge in [0.25, 0.3) is 0 Å². The minimum atomic E-state index is -0.450. The first kappa shape index (κ1) is 22.1. The molecule has 176 valence electrons. The molecule has 0 bridgehead atoms. The van der Waals surface area contributed by atoms with Crippen LogP contribution < -0.4 is 19.9 Å². The van der Waals surface area contributed by atoms with Crippen molar-refractivity contribution < 1.29 is 19.0 Å². The topological polar surface area (TPSA) is 90.8 Å². The van der Waals surface area contributed by atoms with Gasteiger partial charge in [-0.25, -0.2) is 14.2 Å². The van der Waals surface area contributed by atoms with Crippen molar-refractivity contribution in [3.63, 3.8) is 0 Å². The number of nitrogens with zero attached hydrogens (tertiary/aromatic N) is 4. The van der Waals surface area contributed by atoms with Crippen molar-refractivity contribution in [1.82, 2.24) is 9.97 Å². The summed E-state index contributed by atoms with van der Waals surface area (Å²) < 4.78 is 18.5. The smallest absolute Gasteiger partial charge is 0.330 e. The number of hydrogen-bond acceptors (Lipinski definition) is 6. The second kappa shape index (κ2) is 8.90. The molecule has 1 saturated carbocycles. The molecule has 3 atom stereocenters. The molecule has 2 heterocycles. The minimum absolute atomic E-state index is 0.178. The lowest BCUT2D eigenvalue weighted by Crippen LogP contribution is -2.53. The van der Waals surface area contributed by atoms with Crippen LogP contribution in [0.5, 0.6) is 5.75 Å². The van der Waals surface area contributed by atoms with Crippen LogP contribution in [0.25, 0.3) is 0 Å². The molecule has 1 aliphatic heterocycles. The van der Waals surface area contributed by atoms with E-state index in [4.69, 9.17) is 9.72 Å². The predicted octanol–water partition coefficient (Wildman–Crippen LogP) is 4.79. The SMILES string of the molecule is COc1ccc(N2C(=O)N([C@@H]3CC[C@@H](O)C3)c3nc(Nc4ccc(F)cc4)ncc3[C@@H]2C)cc1. The van der Waals surface area contributed by atoms with Gasteiger partial charge in [0.15, 0.2) is 0 Å². The van der Waals surface area contributed by atoms with Crippen molar-refractivity contribution in [3.05, 3.63) is 66.1 Å². The zero-order chi connectivity index (χ0) is 23.8. The number of ether oxygens (including phenoxy) is 1. The maximum atomic E-state index is 13.9. The summed E-state index contributed by atoms with van der Waals surface area (Å²) in [6, 6.07) is 12.6. The van der Waals surface area contributed by atoms with Crippen molar-refractivity contribution in [2.24, 2.45) is 0 Å². The Labute approximate surface area is 197 Å². The molecule has 2 aliphatic rings. The van der Waals surface area contributed by atoms with E-state index in [2.05, 4.69) is 10.3 Å². The van der Waals surface area contributed by atoms with Gasteiger partial charge < -0.3 is 15.2 Å². The highest BCUT2D eigenvalue weighted by Crippen LogP contribution is 2.42. The van der Waals surface area contributed by atoms with Crippen molar-refractivity contribution in [1.29, 1.82) is 0 Å². The zero-order valence-corrected chi connectivity index (χ0v) is 19.0. The summed E-state index contributed by atoms with van der Waals surface area (Å²) in [7, 11) is 1.60. The molecule has 5 rings (SSSR count). The standard InChI is InChI=1S/C25H26FN5O3/c1-15-22-14-27-24(28-17-5-3-16(26)4-6-17)29-23(22)31(19-7-10-20(32)13-19)25(33)30(15)18-8-11-21(34-2)12-9-18/h3-6,8-9,11-12,14-15,19-20,32H,7,10,13H2,1-2H3,(H,27,28,29)/t15-,19+,20+/m0/s1. The summed E-state index contributed by atoms with van der Waals surface area (Å²) in [4.78, 5) is 26.4. The molecule has 2 amide bonds. The third kappa shape index (κ3) is 4.03. The van der Waals surface area contributed by atoms with Gasteiger partial charge in [-0.05, 0) is 74.7 Å². The average molecular weight is 464 g/mol. The van der Waals surface area contributed by atoms with E-state index < -0.39 is 6.10 Å². The van der Waals surface area contributed by atoms with Crippen molar-refractivity contribution in [2.45, 2.75) is 44.4 Å². The highest BCUT2D eigenvalue weighted by Gasteiger charge is 2.43. The third-order valence-electron chi connectivity index (χ3n) is 6.47. The van der Waals surface area contributed by atoms with Crippen molar-refractivity contribution in [2.75, 3.05) is 22.2 Å². The number of methoxy groups -OCH3 is 1. The van der Waals surface area contributed by atoms with Crippen LogP contribution in [0.4, 0.5) is 32.3 Å². The fourth-order valence-electron chi connectivity index (χ4n) is 4.68. The number of aliphatic hydroxyl groups is 1. The normalized spacial score (nSPS) is 22.0. The second-order valence-electron chi connectivity index (χ2n) is 8.62. The predicted molar refractivity (Wildman–Crippen MR) is 127 cm³/mol. The maximum absolute atomic E-state index is 13.9. The molecular formula is C25H26FN5O3. The first-order valence-electron chi connectivity index (χ1n) is 11.3. The molecule has 1 aliphatic carbocycles. The van der Waals surface area contributed by atoms with Crippen LogP contribution in [0, 0.1) is 5.82 Å². The Bertz CT molecular complexity index is 1190. The molecule has 2 N–H and O–H groups in total. The lowest BCUT2D eigenvalue weighted by atomic mass is 10.0. The number of benzene rings is 2. The molecule has 34 heavy (non-hydrogen) atoms. The van der Waals surface area contributed by atoms with Crippen molar-refractivity contribution >= 4 is 29.2 Å². The van der Waals surface area contributed by atoms with Gasteiger partial charge in [-0.1, -0.05) is 0 Å². The number of anilines is 4. The summed E-state index contributed by atoms with van der Waals surface area (Å²) >= 11 is 0. The molecule has 2 aromatic carbocycles. The van der Waals surface area contributed by atoms with Gasteiger partial charge >= 0.3 is 6.03 Å². The lowest BCUT2D eigenvalue weighted by molar-refractivity contribution is 0.181. The molecule has 0 spiro atoms. The van der Waals surface area contributed by atoms with Gasteiger partial charge in [-0.2, -0.15) is 4.98 Å². The van der Waals surface area contributed by atoms with Crippen LogP contribution in [-0.2, 0) is 0 Å². The first-order valence-corrected chi connectivity index (χ1v) is 11.3. The number of carbonyl (C=O) groups excluding carboxylic acids is 1. The van der Waals surface area contributed by atoms with E-state index in [9.17, 15) is 14.3 Å². The molecule has 1 fully saturated rings. The third-order valence-corrected chi connectivity index (χ3v) is 6.47. The van der Waals surface area contributed by atoms with Gasteiger partial charge in [-0.15, -0.1) is 0 Å². The number of halogens is 1. The minimum Gasteiger partial charge on any atom is -0.497 e. The Morgan fingerprint density at radius 2 is 1.82 bits per heavy atom. The van der Waals surface area contributed by atoms with E-state index in [-0.39, 0.29) is 23.9 Å². The van der Waals surface area contributed by atoms with E-state index in [0.29, 0.717) is 42.5 Å². The quantitative estimate of drug-likeness (QED) is 0.566. The fraction of sp³-hybridized carbons (Fsp3) is 0.320. The number of aliphatic hydroxyl groups excluding tert-OH is 1. The van der Waals surface area contributed by atoms with Crippen LogP contribution in [-0.4, -0.2) is 40.4 Å². The lowest BCUT2D eigenvalue weighted by Gasteiger charge is -2.42. The highest BCUT2D eigenvalue weighted by molar-refractivity contribution is 6.06. The fourth-order valence-corrected chi connectivity index (χ4v) is 4.68. The highest BCUT2D eigenvalue weighted by atomic mass is 19.1. The summed E-state index contributed by atoms with van der Waals surface area (Å²) in [5.74, 6) is 1.21. The molecule has 0 unspecified atom stereocenters. The molecule has 0 radical (unpaired) electrons. The monoisotopic (exact) mass is 463 g/mol. The number of hydrogen-bond donors (Lipinski definition) is 2. The molecule has 3 aromatic rings. The van der Waals surface area contributed by atoms with Gasteiger partial charge in [0.1, 0.15) is 17.4 Å². The summed E-state index contributed by atoms with van der Waals surface area (Å²) in [5.41, 5.74) is 2.18. The molecular weight excluding hydrogens is 437 g/mol. The van der Waals surface area contributed by atoms with Gasteiger partial charge in [-0.3, -0.25) is 9.80 Å². The Morgan fingerprint density at radius 1 is 1.09 bits per heavy atom. The average Bonchev–Trinajstić information content (AvgIpc) is 3.26. The van der Waals surface area contributed by atoms with Gasteiger partial charge in [0, 0.05) is 29.2 Å². The molecule has 0 saturated heterocycles. The Morgan fingerprint density at radius 3 is 2.47 bits per heavy atom. The Kier molecular flexibility index (Phi) is 5.79. The number of rotatable bonds is 5. The van der Waals surface area contributed by atoms with Gasteiger partial charge in [0.05, 0.1) is 19.3 Å². The number of aromatic nitrogens is 2. The molecule has 9 heteroatoms. The molecule has 1 aromatic heterocycles. The first-order chi connectivity index (χ1) is 16.4. The van der Waals surface area contributed by atoms with E-state index in [1.165, 1.54) is 12.1 Å². The van der Waals surface area contributed by atoms with E-state index in [1.807, 2.05) is 31.2 Å². The number of fused-ring (bicyclic) bond motifs is 1. The number of carbonyl (C=O) groups is 1. The summed E-state index contributed by atoms with van der Waals surface area (Å²) in [6.07, 6.45) is 3.07. The van der Waals surface area contributed by atoms with Crippen LogP contribution >= 0.6 is 0 Å². The van der Waals surface area contributed by atoms with Crippen LogP contribution in [0.15, 0.2) is 54.7 Å². The van der Waals surface area contributed by atoms with E-state index >= 15 is 0 Å². The maximum Gasteiger partial charge on any atom is 0.330 e. The van der Waals surface area contributed by atoms with Crippen LogP contribution in [0.1, 0.15) is 37.8 Å². The Hall–Kier alpha value is -3.72. The number of amides is 2.